The van der Waals surface area contributed by atoms with E-state index in [4.69, 9.17) is 4.52 Å². The minimum absolute atomic E-state index is 0.172. The minimum Gasteiger partial charge on any atom is -0.334 e. The summed E-state index contributed by atoms with van der Waals surface area (Å²) in [5.41, 5.74) is 2.04. The average Bonchev–Trinajstić information content (AvgIpc) is 3.35. The maximum Gasteiger partial charge on any atom is 0.265 e. The molecule has 6 nitrogen and oxygen atoms in total. The van der Waals surface area contributed by atoms with Crippen LogP contribution in [0.3, 0.4) is 0 Å². The highest BCUT2D eigenvalue weighted by Crippen LogP contribution is 2.28. The van der Waals surface area contributed by atoms with Gasteiger partial charge in [-0.3, -0.25) is 9.78 Å². The van der Waals surface area contributed by atoms with Gasteiger partial charge in [-0.05, 0) is 35.7 Å². The van der Waals surface area contributed by atoms with E-state index < -0.39 is 0 Å². The molecule has 7 heteroatoms. The van der Waals surface area contributed by atoms with Crippen molar-refractivity contribution in [2.24, 2.45) is 0 Å². The molecular weight excluding hydrogens is 336 g/mol. The van der Waals surface area contributed by atoms with Crippen LogP contribution >= 0.6 is 11.3 Å². The smallest absolute Gasteiger partial charge is 0.265 e. The molecule has 3 heterocycles. The molecular formula is C18H12N4O2S. The fourth-order valence-electron chi connectivity index (χ4n) is 2.32. The van der Waals surface area contributed by atoms with Crippen LogP contribution in [0.1, 0.15) is 9.67 Å². The Labute approximate surface area is 147 Å². The highest BCUT2D eigenvalue weighted by molar-refractivity contribution is 7.12. The van der Waals surface area contributed by atoms with Gasteiger partial charge in [0.05, 0.1) is 16.1 Å². The molecule has 0 aliphatic carbocycles. The van der Waals surface area contributed by atoms with E-state index in [1.165, 1.54) is 11.3 Å². The summed E-state index contributed by atoms with van der Waals surface area (Å²) in [4.78, 5) is 21.4. The van der Waals surface area contributed by atoms with Crippen molar-refractivity contribution in [2.45, 2.75) is 0 Å². The molecule has 1 N–H and O–H groups in total. The second-order valence-corrected chi connectivity index (χ2v) is 6.09. The van der Waals surface area contributed by atoms with E-state index in [-0.39, 0.29) is 5.91 Å². The summed E-state index contributed by atoms with van der Waals surface area (Å²) >= 11 is 1.38. The van der Waals surface area contributed by atoms with E-state index >= 15 is 0 Å². The third kappa shape index (κ3) is 3.17. The number of benzene rings is 1. The van der Waals surface area contributed by atoms with Crippen molar-refractivity contribution in [3.63, 3.8) is 0 Å². The van der Waals surface area contributed by atoms with Crippen molar-refractivity contribution in [1.82, 2.24) is 15.1 Å². The molecule has 0 radical (unpaired) electrons. The number of nitrogens with one attached hydrogen (secondary N) is 1. The van der Waals surface area contributed by atoms with Crippen LogP contribution < -0.4 is 5.32 Å². The summed E-state index contributed by atoms with van der Waals surface area (Å²) < 4.78 is 5.38. The molecule has 4 aromatic rings. The lowest BCUT2D eigenvalue weighted by molar-refractivity contribution is 0.103. The first-order chi connectivity index (χ1) is 12.3. The Hall–Kier alpha value is -3.32. The zero-order valence-corrected chi connectivity index (χ0v) is 13.7. The topological polar surface area (TPSA) is 80.9 Å². The van der Waals surface area contributed by atoms with Crippen molar-refractivity contribution >= 4 is 22.9 Å². The van der Waals surface area contributed by atoms with Gasteiger partial charge in [-0.15, -0.1) is 11.3 Å². The number of nitrogens with zero attached hydrogens (tertiary/aromatic N) is 3. The Morgan fingerprint density at radius 2 is 2.00 bits per heavy atom. The molecule has 0 spiro atoms. The number of rotatable bonds is 4. The molecule has 0 unspecified atom stereocenters. The van der Waals surface area contributed by atoms with Gasteiger partial charge in [0.25, 0.3) is 11.8 Å². The second kappa shape index (κ2) is 6.66. The Kier molecular flexibility index (Phi) is 4.05. The van der Waals surface area contributed by atoms with Gasteiger partial charge in [-0.2, -0.15) is 4.98 Å². The van der Waals surface area contributed by atoms with Gasteiger partial charge in [-0.25, -0.2) is 0 Å². The SMILES string of the molecule is O=C(Nc1ccccc1-c1nc(-c2cccnc2)no1)c1cccs1. The van der Waals surface area contributed by atoms with Gasteiger partial charge in [-0.1, -0.05) is 23.4 Å². The van der Waals surface area contributed by atoms with Gasteiger partial charge < -0.3 is 9.84 Å². The van der Waals surface area contributed by atoms with Crippen molar-refractivity contribution in [2.75, 3.05) is 5.32 Å². The first-order valence-corrected chi connectivity index (χ1v) is 8.37. The van der Waals surface area contributed by atoms with Crippen LogP contribution in [-0.4, -0.2) is 21.0 Å². The van der Waals surface area contributed by atoms with Crippen LogP contribution in [-0.2, 0) is 0 Å². The number of carbonyl (C=O) groups excluding carboxylic acids is 1. The number of para-hydroxylation sites is 1. The zero-order valence-electron chi connectivity index (χ0n) is 12.9. The highest BCUT2D eigenvalue weighted by Gasteiger charge is 2.16. The lowest BCUT2D eigenvalue weighted by atomic mass is 10.1. The van der Waals surface area contributed by atoms with E-state index in [0.29, 0.717) is 27.8 Å². The molecule has 1 amide bonds. The maximum atomic E-state index is 12.3. The fraction of sp³-hybridized carbons (Fsp3) is 0. The summed E-state index contributed by atoms with van der Waals surface area (Å²) in [7, 11) is 0. The molecule has 0 saturated heterocycles. The number of aromatic nitrogens is 3. The van der Waals surface area contributed by atoms with E-state index in [9.17, 15) is 4.79 Å². The molecule has 0 aliphatic rings. The first-order valence-electron chi connectivity index (χ1n) is 7.49. The molecule has 4 rings (SSSR count). The van der Waals surface area contributed by atoms with E-state index in [1.807, 2.05) is 35.7 Å². The molecule has 0 bridgehead atoms. The van der Waals surface area contributed by atoms with Crippen molar-refractivity contribution in [3.05, 3.63) is 71.2 Å². The number of hydrogen-bond acceptors (Lipinski definition) is 6. The van der Waals surface area contributed by atoms with Gasteiger partial charge >= 0.3 is 0 Å². The summed E-state index contributed by atoms with van der Waals surface area (Å²) in [5.74, 6) is 0.609. The van der Waals surface area contributed by atoms with E-state index in [2.05, 4.69) is 20.4 Å². The first kappa shape index (κ1) is 15.2. The molecule has 0 saturated carbocycles. The molecule has 0 atom stereocenters. The minimum atomic E-state index is -0.172. The van der Waals surface area contributed by atoms with Crippen LogP contribution in [0.4, 0.5) is 5.69 Å². The second-order valence-electron chi connectivity index (χ2n) is 5.14. The number of carbonyl (C=O) groups is 1. The van der Waals surface area contributed by atoms with Gasteiger partial charge in [0.2, 0.25) is 5.82 Å². The summed E-state index contributed by atoms with van der Waals surface area (Å²) in [6, 6.07) is 14.6. The molecule has 1 aromatic carbocycles. The largest absolute Gasteiger partial charge is 0.334 e. The molecule has 25 heavy (non-hydrogen) atoms. The fourth-order valence-corrected chi connectivity index (χ4v) is 2.93. The molecule has 122 valence electrons. The standard InChI is InChI=1S/C18H12N4O2S/c23-17(15-8-4-10-25-15)20-14-7-2-1-6-13(14)18-21-16(22-24-18)12-5-3-9-19-11-12/h1-11H,(H,20,23). The lowest BCUT2D eigenvalue weighted by Gasteiger charge is -2.07. The van der Waals surface area contributed by atoms with Crippen LogP contribution in [0, 0.1) is 0 Å². The number of thiophene rings is 1. The van der Waals surface area contributed by atoms with Crippen molar-refractivity contribution in [1.29, 1.82) is 0 Å². The summed E-state index contributed by atoms with van der Waals surface area (Å²) in [5, 5.41) is 8.75. The average molecular weight is 348 g/mol. The van der Waals surface area contributed by atoms with Crippen LogP contribution in [0.5, 0.6) is 0 Å². The monoisotopic (exact) mass is 348 g/mol. The summed E-state index contributed by atoms with van der Waals surface area (Å²) in [6.45, 7) is 0. The van der Waals surface area contributed by atoms with E-state index in [1.54, 1.807) is 30.6 Å². The Balaban J connectivity index is 1.65. The third-order valence-electron chi connectivity index (χ3n) is 3.50. The number of hydrogen-bond donors (Lipinski definition) is 1. The predicted molar refractivity (Wildman–Crippen MR) is 95.2 cm³/mol. The third-order valence-corrected chi connectivity index (χ3v) is 4.37. The maximum absolute atomic E-state index is 12.3. The van der Waals surface area contributed by atoms with Gasteiger partial charge in [0.15, 0.2) is 0 Å². The Morgan fingerprint density at radius 3 is 2.80 bits per heavy atom. The van der Waals surface area contributed by atoms with Crippen molar-refractivity contribution < 1.29 is 9.32 Å². The van der Waals surface area contributed by atoms with E-state index in [0.717, 1.165) is 5.56 Å². The Bertz CT molecular complexity index is 997. The zero-order chi connectivity index (χ0) is 17.1. The van der Waals surface area contributed by atoms with Gasteiger partial charge in [0.1, 0.15) is 0 Å². The highest BCUT2D eigenvalue weighted by atomic mass is 32.1. The quantitative estimate of drug-likeness (QED) is 0.600. The van der Waals surface area contributed by atoms with Crippen molar-refractivity contribution in [3.8, 4) is 22.8 Å². The molecule has 3 aromatic heterocycles. The Morgan fingerprint density at radius 1 is 1.08 bits per heavy atom. The predicted octanol–water partition coefficient (Wildman–Crippen LogP) is 4.11. The number of amides is 1. The van der Waals surface area contributed by atoms with Gasteiger partial charge in [0, 0.05) is 18.0 Å². The molecule has 0 aliphatic heterocycles. The van der Waals surface area contributed by atoms with Crippen LogP contribution in [0.15, 0.2) is 70.8 Å². The number of anilines is 1. The van der Waals surface area contributed by atoms with Crippen LogP contribution in [0.25, 0.3) is 22.8 Å². The summed E-state index contributed by atoms with van der Waals surface area (Å²) in [6.07, 6.45) is 3.35. The van der Waals surface area contributed by atoms with Crippen LogP contribution in [0.2, 0.25) is 0 Å². The normalized spacial score (nSPS) is 10.6. The number of pyridine rings is 1. The molecule has 0 fully saturated rings. The lowest BCUT2D eigenvalue weighted by Crippen LogP contribution is -2.10.